The first-order valence-corrected chi connectivity index (χ1v) is 18.7. The summed E-state index contributed by atoms with van der Waals surface area (Å²) in [6.45, 7) is 0. The minimum Gasteiger partial charge on any atom is -0.309 e. The Kier molecular flexibility index (Phi) is 6.01. The maximum absolute atomic E-state index is 9.93. The van der Waals surface area contributed by atoms with Crippen LogP contribution in [0.5, 0.6) is 0 Å². The number of para-hydroxylation sites is 1. The molecule has 0 atom stereocenters. The highest BCUT2D eigenvalue weighted by atomic mass is 15.0. The molecular weight excluding hydrogens is 677 g/mol. The first-order valence-electron chi connectivity index (χ1n) is 22.2. The quantitative estimate of drug-likeness (QED) is 0.162. The molecule has 0 saturated heterocycles. The van der Waals surface area contributed by atoms with Crippen molar-refractivity contribution in [3.63, 3.8) is 0 Å². The minimum atomic E-state index is -0.424. The fraction of sp³-hybridized carbons (Fsp3) is 0. The van der Waals surface area contributed by atoms with Crippen LogP contribution in [0.15, 0.2) is 218 Å². The summed E-state index contributed by atoms with van der Waals surface area (Å²) in [4.78, 5) is 0. The van der Waals surface area contributed by atoms with E-state index in [0.717, 1.165) is 60.9 Å². The molecule has 0 aliphatic rings. The molecule has 0 radical (unpaired) electrons. The van der Waals surface area contributed by atoms with Gasteiger partial charge in [-0.15, -0.1) is 0 Å². The lowest BCUT2D eigenvalue weighted by molar-refractivity contribution is 1.18. The highest BCUT2D eigenvalue weighted by Gasteiger charge is 2.19. The van der Waals surface area contributed by atoms with E-state index in [-0.39, 0.29) is 57.6 Å². The van der Waals surface area contributed by atoms with Crippen molar-refractivity contribution in [2.75, 3.05) is 0 Å². The van der Waals surface area contributed by atoms with Crippen LogP contribution >= 0.6 is 0 Å². The largest absolute Gasteiger partial charge is 0.309 e. The third-order valence-corrected chi connectivity index (χ3v) is 10.8. The van der Waals surface area contributed by atoms with Crippen molar-refractivity contribution in [1.82, 2.24) is 9.13 Å². The number of benzene rings is 9. The first-order chi connectivity index (χ1) is 30.7. The van der Waals surface area contributed by atoms with E-state index in [1.807, 2.05) is 109 Å². The van der Waals surface area contributed by atoms with E-state index >= 15 is 0 Å². The molecule has 0 aliphatic carbocycles. The Bertz CT molecular complexity index is 3620. The Morgan fingerprint density at radius 1 is 0.321 bits per heavy atom. The van der Waals surface area contributed by atoms with E-state index in [9.17, 15) is 5.48 Å². The Morgan fingerprint density at radius 3 is 1.68 bits per heavy atom. The van der Waals surface area contributed by atoms with Crippen molar-refractivity contribution in [3.8, 4) is 55.9 Å². The van der Waals surface area contributed by atoms with Gasteiger partial charge in [-0.2, -0.15) is 0 Å². The van der Waals surface area contributed by atoms with Gasteiger partial charge in [-0.1, -0.05) is 158 Å². The second-order valence-electron chi connectivity index (χ2n) is 14.0. The molecule has 56 heavy (non-hydrogen) atoms. The van der Waals surface area contributed by atoms with Gasteiger partial charge in [-0.3, -0.25) is 0 Å². The minimum absolute atomic E-state index is 0.0809. The normalized spacial score (nSPS) is 13.3. The maximum atomic E-state index is 9.93. The van der Waals surface area contributed by atoms with Crippen molar-refractivity contribution < 1.29 is 9.60 Å². The highest BCUT2D eigenvalue weighted by Crippen LogP contribution is 2.42. The van der Waals surface area contributed by atoms with Gasteiger partial charge in [0.1, 0.15) is 0 Å². The summed E-state index contributed by atoms with van der Waals surface area (Å²) in [7, 11) is 0. The van der Waals surface area contributed by atoms with Gasteiger partial charge in [0.2, 0.25) is 0 Å². The summed E-state index contributed by atoms with van der Waals surface area (Å²) >= 11 is 0. The van der Waals surface area contributed by atoms with Gasteiger partial charge in [0, 0.05) is 32.9 Å². The predicted molar refractivity (Wildman–Crippen MR) is 237 cm³/mol. The van der Waals surface area contributed by atoms with Crippen LogP contribution in [-0.4, -0.2) is 9.13 Å². The molecule has 0 fully saturated rings. The Labute approximate surface area is 335 Å². The molecule has 9 aromatic carbocycles. The van der Waals surface area contributed by atoms with E-state index < -0.39 is 12.1 Å². The van der Waals surface area contributed by atoms with E-state index in [0.29, 0.717) is 11.3 Å². The molecule has 2 heterocycles. The van der Waals surface area contributed by atoms with Crippen LogP contribution < -0.4 is 0 Å². The molecule has 2 aromatic heterocycles. The molecule has 0 spiro atoms. The van der Waals surface area contributed by atoms with E-state index in [1.54, 1.807) is 4.57 Å². The first kappa shape index (κ1) is 25.6. The van der Waals surface area contributed by atoms with Gasteiger partial charge in [-0.25, -0.2) is 0 Å². The molecule has 0 saturated carbocycles. The standard InChI is InChI=1S/C54H36N2/c1-4-14-37(15-5-1)39-26-30-44(31-27-39)55-50-24-11-10-22-47(50)48-35-42(28-32-51(48)55)43-29-33-52-49(36-43)54-46(40-18-8-3-9-19-40)23-13-25-53(54)56(52)45-21-12-20-41(34-45)38-16-6-2-7-17-38/h1-36H/i10D,11D,22D,24D,28D,32D,35D. The third-order valence-electron chi connectivity index (χ3n) is 10.8. The third kappa shape index (κ3) is 5.26. The molecule has 262 valence electrons. The van der Waals surface area contributed by atoms with Crippen molar-refractivity contribution in [3.05, 3.63) is 218 Å². The van der Waals surface area contributed by atoms with Crippen LogP contribution in [0.4, 0.5) is 0 Å². The van der Waals surface area contributed by atoms with Crippen LogP contribution in [0.1, 0.15) is 9.60 Å². The topological polar surface area (TPSA) is 9.86 Å². The van der Waals surface area contributed by atoms with Crippen molar-refractivity contribution >= 4 is 43.6 Å². The van der Waals surface area contributed by atoms with Crippen molar-refractivity contribution in [2.45, 2.75) is 0 Å². The molecule has 0 amide bonds. The van der Waals surface area contributed by atoms with E-state index in [2.05, 4.69) is 71.3 Å². The van der Waals surface area contributed by atoms with Gasteiger partial charge in [-0.05, 0) is 105 Å². The fourth-order valence-electron chi connectivity index (χ4n) is 8.17. The maximum Gasteiger partial charge on any atom is 0.0645 e. The molecular formula is C54H36N2. The zero-order chi connectivity index (χ0) is 43.1. The van der Waals surface area contributed by atoms with Crippen LogP contribution in [-0.2, 0) is 0 Å². The fourth-order valence-corrected chi connectivity index (χ4v) is 8.17. The molecule has 11 aromatic rings. The predicted octanol–water partition coefficient (Wildman–Crippen LogP) is 14.5. The molecule has 0 N–H and O–H groups in total. The van der Waals surface area contributed by atoms with Crippen LogP contribution in [0.3, 0.4) is 0 Å². The lowest BCUT2D eigenvalue weighted by atomic mass is 9.97. The average molecular weight is 720 g/mol. The molecule has 0 aliphatic heterocycles. The van der Waals surface area contributed by atoms with Gasteiger partial charge in [0.25, 0.3) is 0 Å². The number of fused-ring (bicyclic) bond motifs is 6. The smallest absolute Gasteiger partial charge is 0.0645 e. The highest BCUT2D eigenvalue weighted by molar-refractivity contribution is 6.17. The number of aromatic nitrogens is 2. The van der Waals surface area contributed by atoms with E-state index in [1.165, 1.54) is 0 Å². The number of hydrogen-bond acceptors (Lipinski definition) is 0. The number of nitrogens with zero attached hydrogens (tertiary/aromatic N) is 2. The lowest BCUT2D eigenvalue weighted by Crippen LogP contribution is -1.94. The monoisotopic (exact) mass is 719 g/mol. The van der Waals surface area contributed by atoms with Crippen LogP contribution in [0, 0.1) is 0 Å². The second kappa shape index (κ2) is 13.2. The molecule has 11 rings (SSSR count). The zero-order valence-corrected chi connectivity index (χ0v) is 30.1. The number of hydrogen-bond donors (Lipinski definition) is 0. The Hall–Kier alpha value is -7.42. The van der Waals surface area contributed by atoms with Gasteiger partial charge in [0.15, 0.2) is 0 Å². The number of rotatable bonds is 6. The zero-order valence-electron chi connectivity index (χ0n) is 37.1. The van der Waals surface area contributed by atoms with Gasteiger partial charge < -0.3 is 9.13 Å². The van der Waals surface area contributed by atoms with Crippen molar-refractivity contribution in [1.29, 1.82) is 0 Å². The summed E-state index contributed by atoms with van der Waals surface area (Å²) in [6.07, 6.45) is 0. The van der Waals surface area contributed by atoms with E-state index in [4.69, 9.17) is 4.11 Å². The SMILES string of the molecule is [2H]c1c([2H])c([2H])c2c(c1[2H])c1c([2H])c(-c3ccc4c(c3)c3c(-c5ccccc5)cccc3n4-c3cccc(-c4ccccc4)c3)c([2H])c([2H])c1n2-c1ccc(-c2ccccc2)cc1. The average Bonchev–Trinajstić information content (AvgIpc) is 3.87. The Balaban J connectivity index is 1.19. The molecule has 2 heteroatoms. The second-order valence-corrected chi connectivity index (χ2v) is 14.0. The van der Waals surface area contributed by atoms with Crippen LogP contribution in [0.25, 0.3) is 99.5 Å². The summed E-state index contributed by atoms with van der Waals surface area (Å²) < 4.78 is 68.8. The summed E-state index contributed by atoms with van der Waals surface area (Å²) in [5, 5.41) is 2.25. The van der Waals surface area contributed by atoms with Crippen LogP contribution in [0.2, 0.25) is 0 Å². The molecule has 2 nitrogen and oxygen atoms in total. The van der Waals surface area contributed by atoms with Gasteiger partial charge >= 0.3 is 0 Å². The lowest BCUT2D eigenvalue weighted by Gasteiger charge is -2.11. The molecule has 0 unspecified atom stereocenters. The van der Waals surface area contributed by atoms with Gasteiger partial charge in [0.05, 0.1) is 31.7 Å². The Morgan fingerprint density at radius 2 is 0.911 bits per heavy atom. The summed E-state index contributed by atoms with van der Waals surface area (Å²) in [5.74, 6) is 0. The molecule has 0 bridgehead atoms. The summed E-state index contributed by atoms with van der Waals surface area (Å²) in [5.41, 5.74) is 10.8. The summed E-state index contributed by atoms with van der Waals surface area (Å²) in [6, 6.07) is 56.8. The van der Waals surface area contributed by atoms with Crippen molar-refractivity contribution in [2.24, 2.45) is 0 Å².